The molecule has 33 heavy (non-hydrogen) atoms. The van der Waals surface area contributed by atoms with Gasteiger partial charge >= 0.3 is 5.69 Å². The first-order valence-corrected chi connectivity index (χ1v) is 12.2. The van der Waals surface area contributed by atoms with Crippen molar-refractivity contribution in [3.05, 3.63) is 71.3 Å². The van der Waals surface area contributed by atoms with Gasteiger partial charge in [0, 0.05) is 62.4 Å². The first-order chi connectivity index (χ1) is 16.3. The lowest BCUT2D eigenvalue weighted by Crippen LogP contribution is -2.47. The van der Waals surface area contributed by atoms with Gasteiger partial charge in [-0.05, 0) is 61.4 Å². The Kier molecular flexibility index (Phi) is 5.30. The average Bonchev–Trinajstić information content (AvgIpc) is 3.45. The molecule has 6 heteroatoms. The molecule has 170 valence electrons. The summed E-state index contributed by atoms with van der Waals surface area (Å²) in [5.74, 6) is 0. The minimum atomic E-state index is 0.113. The molecule has 2 aromatic carbocycles. The van der Waals surface area contributed by atoms with Crippen molar-refractivity contribution >= 4 is 33.3 Å². The van der Waals surface area contributed by atoms with E-state index in [4.69, 9.17) is 0 Å². The highest BCUT2D eigenvalue weighted by Crippen LogP contribution is 2.25. The zero-order valence-electron chi connectivity index (χ0n) is 19.0. The van der Waals surface area contributed by atoms with E-state index in [-0.39, 0.29) is 5.69 Å². The van der Waals surface area contributed by atoms with Gasteiger partial charge in [-0.2, -0.15) is 0 Å². The maximum Gasteiger partial charge on any atom is 0.333 e. The van der Waals surface area contributed by atoms with Crippen molar-refractivity contribution in [2.75, 3.05) is 37.6 Å². The Morgan fingerprint density at radius 1 is 0.879 bits per heavy atom. The molecule has 1 fully saturated rings. The largest absolute Gasteiger partial charge is 0.369 e. The Balaban J connectivity index is 1.16. The van der Waals surface area contributed by atoms with E-state index in [1.807, 2.05) is 27.5 Å². The quantitative estimate of drug-likeness (QED) is 0.495. The number of hydrogen-bond donors (Lipinski definition) is 1. The van der Waals surface area contributed by atoms with Crippen LogP contribution in [0.1, 0.15) is 25.7 Å². The molecule has 4 aromatic rings. The van der Waals surface area contributed by atoms with Crippen LogP contribution >= 0.6 is 0 Å². The van der Waals surface area contributed by atoms with Crippen LogP contribution in [0.25, 0.3) is 27.6 Å². The topological polar surface area (TPSA) is 49.2 Å². The normalized spacial score (nSPS) is 17.7. The number of aromatic amines is 1. The summed E-state index contributed by atoms with van der Waals surface area (Å²) in [6.45, 7) is 5.68. The molecule has 1 saturated heterocycles. The van der Waals surface area contributed by atoms with Crippen LogP contribution in [0, 0.1) is 0 Å². The zero-order chi connectivity index (χ0) is 22.2. The number of nitrogens with one attached hydrogen (secondary N) is 1. The molecule has 0 spiro atoms. The number of rotatable bonds is 5. The van der Waals surface area contributed by atoms with Crippen molar-refractivity contribution in [3.63, 3.8) is 0 Å². The zero-order valence-corrected chi connectivity index (χ0v) is 19.0. The second-order valence-electron chi connectivity index (χ2n) is 9.28. The summed E-state index contributed by atoms with van der Waals surface area (Å²) in [7, 11) is 0. The molecule has 6 nitrogen and oxygen atoms in total. The summed E-state index contributed by atoms with van der Waals surface area (Å²) in [6.07, 6.45) is 8.70. The van der Waals surface area contributed by atoms with Gasteiger partial charge in [0.15, 0.2) is 0 Å². The van der Waals surface area contributed by atoms with Gasteiger partial charge in [0.25, 0.3) is 0 Å². The number of hydrogen-bond acceptors (Lipinski definition) is 3. The molecule has 0 bridgehead atoms. The molecule has 6 rings (SSSR count). The molecular formula is C27H31N5O. The Hall–Kier alpha value is -3.25. The monoisotopic (exact) mass is 441 g/mol. The predicted molar refractivity (Wildman–Crippen MR) is 136 cm³/mol. The molecule has 1 aliphatic heterocycles. The number of nitrogens with zero attached hydrogens (tertiary/aromatic N) is 4. The van der Waals surface area contributed by atoms with Gasteiger partial charge in [-0.1, -0.05) is 24.3 Å². The van der Waals surface area contributed by atoms with Crippen LogP contribution in [0.4, 0.5) is 5.69 Å². The van der Waals surface area contributed by atoms with Gasteiger partial charge in [0.1, 0.15) is 0 Å². The maximum absolute atomic E-state index is 13.4. The van der Waals surface area contributed by atoms with Crippen molar-refractivity contribution in [3.8, 4) is 0 Å². The van der Waals surface area contributed by atoms with Crippen LogP contribution < -0.4 is 10.6 Å². The fourth-order valence-corrected chi connectivity index (χ4v) is 5.43. The standard InChI is InChI=1S/C27H31N5O/c33-27-31(25-8-4-5-9-26(25)32(27)22-6-2-1-3-7-22)19-16-29-14-17-30(18-15-29)23-11-10-21-12-13-28-24(21)20-23/h4-6,8-13,20,28H,1-3,7,14-19H2. The highest BCUT2D eigenvalue weighted by molar-refractivity contribution is 5.83. The molecule has 2 aliphatic rings. The van der Waals surface area contributed by atoms with Crippen LogP contribution in [0.5, 0.6) is 0 Å². The Labute approximate surface area is 193 Å². The minimum Gasteiger partial charge on any atom is -0.369 e. The van der Waals surface area contributed by atoms with Crippen LogP contribution in [0.2, 0.25) is 0 Å². The summed E-state index contributed by atoms with van der Waals surface area (Å²) in [5.41, 5.74) is 5.85. The van der Waals surface area contributed by atoms with Crippen molar-refractivity contribution in [2.24, 2.45) is 0 Å². The van der Waals surface area contributed by atoms with Crippen molar-refractivity contribution < 1.29 is 0 Å². The smallest absolute Gasteiger partial charge is 0.333 e. The number of benzene rings is 2. The molecule has 1 aliphatic carbocycles. The second-order valence-corrected chi connectivity index (χ2v) is 9.28. The second kappa shape index (κ2) is 8.60. The van der Waals surface area contributed by atoms with Gasteiger partial charge in [0.2, 0.25) is 0 Å². The molecule has 1 N–H and O–H groups in total. The lowest BCUT2D eigenvalue weighted by molar-refractivity contribution is 0.248. The number of para-hydroxylation sites is 2. The van der Waals surface area contributed by atoms with Crippen molar-refractivity contribution in [1.29, 1.82) is 0 Å². The van der Waals surface area contributed by atoms with Gasteiger partial charge in [0.05, 0.1) is 11.0 Å². The summed E-state index contributed by atoms with van der Waals surface area (Å²) in [5, 5.41) is 1.26. The van der Waals surface area contributed by atoms with Crippen LogP contribution in [-0.4, -0.2) is 51.7 Å². The van der Waals surface area contributed by atoms with Gasteiger partial charge in [-0.3, -0.25) is 14.0 Å². The lowest BCUT2D eigenvalue weighted by Gasteiger charge is -2.36. The number of imidazole rings is 1. The third-order valence-corrected chi connectivity index (χ3v) is 7.31. The number of piperazine rings is 1. The molecule has 0 unspecified atom stereocenters. The van der Waals surface area contributed by atoms with E-state index < -0.39 is 0 Å². The third-order valence-electron chi connectivity index (χ3n) is 7.31. The Bertz CT molecular complexity index is 1370. The fourth-order valence-electron chi connectivity index (χ4n) is 5.43. The number of aromatic nitrogens is 3. The van der Waals surface area contributed by atoms with Crippen molar-refractivity contribution in [2.45, 2.75) is 32.2 Å². The fraction of sp³-hybridized carbons (Fsp3) is 0.370. The molecular weight excluding hydrogens is 410 g/mol. The molecule has 3 heterocycles. The predicted octanol–water partition coefficient (Wildman–Crippen LogP) is 4.52. The Morgan fingerprint density at radius 3 is 2.55 bits per heavy atom. The van der Waals surface area contributed by atoms with E-state index in [1.54, 1.807) is 0 Å². The molecule has 0 saturated carbocycles. The number of allylic oxidation sites excluding steroid dienone is 2. The summed E-state index contributed by atoms with van der Waals surface area (Å²) >= 11 is 0. The van der Waals surface area contributed by atoms with Crippen LogP contribution in [0.3, 0.4) is 0 Å². The average molecular weight is 442 g/mol. The molecule has 0 radical (unpaired) electrons. The number of H-pyrrole nitrogens is 1. The van der Waals surface area contributed by atoms with Gasteiger partial charge < -0.3 is 9.88 Å². The molecule has 0 atom stereocenters. The number of fused-ring (bicyclic) bond motifs is 2. The molecule has 2 aromatic heterocycles. The highest BCUT2D eigenvalue weighted by atomic mass is 16.1. The van der Waals surface area contributed by atoms with Crippen LogP contribution in [-0.2, 0) is 6.54 Å². The van der Waals surface area contributed by atoms with E-state index in [0.29, 0.717) is 0 Å². The summed E-state index contributed by atoms with van der Waals surface area (Å²) in [6, 6.07) is 17.0. The highest BCUT2D eigenvalue weighted by Gasteiger charge is 2.20. The first-order valence-electron chi connectivity index (χ1n) is 12.2. The first kappa shape index (κ1) is 20.4. The SMILES string of the molecule is O=c1n(CCN2CCN(c3ccc4cc[nH]c4c3)CC2)c2ccccc2n1C1=CCCCC1. The molecule has 0 amide bonds. The Morgan fingerprint density at radius 2 is 1.73 bits per heavy atom. The van der Waals surface area contributed by atoms with E-state index >= 15 is 0 Å². The van der Waals surface area contributed by atoms with Gasteiger partial charge in [-0.25, -0.2) is 4.79 Å². The third kappa shape index (κ3) is 3.78. The summed E-state index contributed by atoms with van der Waals surface area (Å²) < 4.78 is 3.94. The van der Waals surface area contributed by atoms with E-state index in [1.165, 1.54) is 35.1 Å². The van der Waals surface area contributed by atoms with E-state index in [9.17, 15) is 4.79 Å². The van der Waals surface area contributed by atoms with Crippen molar-refractivity contribution in [1.82, 2.24) is 19.0 Å². The summed E-state index contributed by atoms with van der Waals surface area (Å²) in [4.78, 5) is 21.7. The van der Waals surface area contributed by atoms with Gasteiger partial charge in [-0.15, -0.1) is 0 Å². The lowest BCUT2D eigenvalue weighted by atomic mass is 10.0. The van der Waals surface area contributed by atoms with E-state index in [2.05, 4.69) is 57.3 Å². The van der Waals surface area contributed by atoms with Crippen LogP contribution in [0.15, 0.2) is 65.6 Å². The van der Waals surface area contributed by atoms with E-state index in [0.717, 1.165) is 63.1 Å². The maximum atomic E-state index is 13.4. The number of anilines is 1. The minimum absolute atomic E-state index is 0.113.